The maximum Gasteiger partial charge on any atom is 0.193 e. The van der Waals surface area contributed by atoms with Gasteiger partial charge in [-0.15, -0.1) is 0 Å². The molecule has 0 unspecified atom stereocenters. The van der Waals surface area contributed by atoms with Crippen LogP contribution in [0.5, 0.6) is 0 Å². The van der Waals surface area contributed by atoms with E-state index < -0.39 is 0 Å². The molecule has 0 heterocycles. The number of benzene rings is 2. The van der Waals surface area contributed by atoms with E-state index in [9.17, 15) is 4.79 Å². The van der Waals surface area contributed by atoms with Crippen LogP contribution in [0.1, 0.15) is 66.6 Å². The van der Waals surface area contributed by atoms with Crippen molar-refractivity contribution in [2.75, 3.05) is 0 Å². The zero-order valence-electron chi connectivity index (χ0n) is 12.7. The summed E-state index contributed by atoms with van der Waals surface area (Å²) in [5, 5.41) is 0. The molecule has 0 saturated heterocycles. The Balaban J connectivity index is 2.53. The topological polar surface area (TPSA) is 17.1 Å². The van der Waals surface area contributed by atoms with Crippen molar-refractivity contribution in [3.05, 3.63) is 70.8 Å². The highest BCUT2D eigenvalue weighted by atomic mass is 16.1. The number of hydrogen-bond donors (Lipinski definition) is 0. The second kappa shape index (κ2) is 6.04. The van der Waals surface area contributed by atoms with Crippen LogP contribution in [0.3, 0.4) is 0 Å². The van der Waals surface area contributed by atoms with Crippen molar-refractivity contribution in [3.8, 4) is 0 Å². The third-order valence-corrected chi connectivity index (χ3v) is 3.65. The van der Waals surface area contributed by atoms with Crippen LogP contribution in [0, 0.1) is 0 Å². The lowest BCUT2D eigenvalue weighted by Crippen LogP contribution is -2.09. The number of hydrogen-bond acceptors (Lipinski definition) is 1. The second-order valence-corrected chi connectivity index (χ2v) is 5.81. The van der Waals surface area contributed by atoms with E-state index in [0.717, 1.165) is 22.3 Å². The van der Waals surface area contributed by atoms with E-state index in [4.69, 9.17) is 0 Å². The Morgan fingerprint density at radius 3 is 1.40 bits per heavy atom. The number of ketones is 1. The first kappa shape index (κ1) is 14.5. The fourth-order valence-corrected chi connectivity index (χ4v) is 2.56. The molecule has 0 aliphatic heterocycles. The van der Waals surface area contributed by atoms with E-state index in [1.807, 2.05) is 36.4 Å². The van der Waals surface area contributed by atoms with Gasteiger partial charge in [0.05, 0.1) is 0 Å². The maximum absolute atomic E-state index is 12.9. The van der Waals surface area contributed by atoms with Crippen molar-refractivity contribution in [1.29, 1.82) is 0 Å². The molecule has 0 aliphatic carbocycles. The SMILES string of the molecule is CC(C)c1ccccc1C(=O)c1ccccc1C(C)C. The molecule has 1 nitrogen and oxygen atoms in total. The molecule has 0 spiro atoms. The van der Waals surface area contributed by atoms with Gasteiger partial charge in [0, 0.05) is 11.1 Å². The van der Waals surface area contributed by atoms with Gasteiger partial charge in [-0.2, -0.15) is 0 Å². The van der Waals surface area contributed by atoms with E-state index in [1.165, 1.54) is 0 Å². The smallest absolute Gasteiger partial charge is 0.193 e. The Morgan fingerprint density at radius 1 is 0.700 bits per heavy atom. The first-order valence-corrected chi connectivity index (χ1v) is 7.25. The molecule has 0 amide bonds. The predicted octanol–water partition coefficient (Wildman–Crippen LogP) is 5.16. The lowest BCUT2D eigenvalue weighted by molar-refractivity contribution is 0.103. The highest BCUT2D eigenvalue weighted by Crippen LogP contribution is 2.26. The van der Waals surface area contributed by atoms with E-state index >= 15 is 0 Å². The third-order valence-electron chi connectivity index (χ3n) is 3.65. The molecule has 2 aromatic rings. The van der Waals surface area contributed by atoms with Crippen LogP contribution in [0.4, 0.5) is 0 Å². The summed E-state index contributed by atoms with van der Waals surface area (Å²) in [6.07, 6.45) is 0. The Labute approximate surface area is 121 Å². The Hall–Kier alpha value is -1.89. The van der Waals surface area contributed by atoms with Gasteiger partial charge in [-0.1, -0.05) is 76.2 Å². The van der Waals surface area contributed by atoms with Crippen LogP contribution >= 0.6 is 0 Å². The van der Waals surface area contributed by atoms with Gasteiger partial charge in [-0.3, -0.25) is 4.79 Å². The summed E-state index contributed by atoms with van der Waals surface area (Å²) in [6.45, 7) is 8.50. The van der Waals surface area contributed by atoms with Crippen LogP contribution < -0.4 is 0 Å². The fourth-order valence-electron chi connectivity index (χ4n) is 2.56. The third kappa shape index (κ3) is 2.82. The predicted molar refractivity (Wildman–Crippen MR) is 84.5 cm³/mol. The molecule has 0 aliphatic rings. The van der Waals surface area contributed by atoms with Crippen molar-refractivity contribution >= 4 is 5.78 Å². The van der Waals surface area contributed by atoms with Gasteiger partial charge in [0.15, 0.2) is 5.78 Å². The summed E-state index contributed by atoms with van der Waals surface area (Å²) >= 11 is 0. The van der Waals surface area contributed by atoms with Gasteiger partial charge in [0.25, 0.3) is 0 Å². The van der Waals surface area contributed by atoms with Gasteiger partial charge < -0.3 is 0 Å². The van der Waals surface area contributed by atoms with E-state index in [0.29, 0.717) is 11.8 Å². The van der Waals surface area contributed by atoms with Crippen LogP contribution in [-0.4, -0.2) is 5.78 Å². The molecule has 1 heteroatoms. The summed E-state index contributed by atoms with van der Waals surface area (Å²) < 4.78 is 0. The van der Waals surface area contributed by atoms with Crippen LogP contribution in [0.15, 0.2) is 48.5 Å². The number of rotatable bonds is 4. The summed E-state index contributed by atoms with van der Waals surface area (Å²) in [5.74, 6) is 0.835. The highest BCUT2D eigenvalue weighted by Gasteiger charge is 2.18. The Kier molecular flexibility index (Phi) is 4.39. The Morgan fingerprint density at radius 2 is 1.05 bits per heavy atom. The summed E-state index contributed by atoms with van der Waals surface area (Å²) in [6, 6.07) is 15.9. The molecular weight excluding hydrogens is 244 g/mol. The molecule has 104 valence electrons. The largest absolute Gasteiger partial charge is 0.289 e. The molecule has 20 heavy (non-hydrogen) atoms. The van der Waals surface area contributed by atoms with Gasteiger partial charge in [-0.25, -0.2) is 0 Å². The van der Waals surface area contributed by atoms with Gasteiger partial charge >= 0.3 is 0 Å². The van der Waals surface area contributed by atoms with Crippen LogP contribution in [-0.2, 0) is 0 Å². The molecule has 0 bridgehead atoms. The van der Waals surface area contributed by atoms with Gasteiger partial charge in [-0.05, 0) is 23.0 Å². The minimum atomic E-state index is 0.138. The monoisotopic (exact) mass is 266 g/mol. The number of carbonyl (C=O) groups excluding carboxylic acids is 1. The first-order chi connectivity index (χ1) is 9.52. The van der Waals surface area contributed by atoms with Crippen molar-refractivity contribution in [3.63, 3.8) is 0 Å². The van der Waals surface area contributed by atoms with E-state index in [-0.39, 0.29) is 5.78 Å². The molecule has 0 saturated carbocycles. The standard InChI is InChI=1S/C19H22O/c1-13(2)15-9-5-7-11-17(15)19(20)18-12-8-6-10-16(18)14(3)4/h5-14H,1-4H3. The van der Waals surface area contributed by atoms with Gasteiger partial charge in [0.2, 0.25) is 0 Å². The van der Waals surface area contributed by atoms with Crippen LogP contribution in [0.25, 0.3) is 0 Å². The number of carbonyl (C=O) groups is 1. The average Bonchev–Trinajstić information content (AvgIpc) is 2.46. The fraction of sp³-hybridized carbons (Fsp3) is 0.316. The second-order valence-electron chi connectivity index (χ2n) is 5.81. The molecule has 2 rings (SSSR count). The zero-order chi connectivity index (χ0) is 14.7. The van der Waals surface area contributed by atoms with Crippen molar-refractivity contribution < 1.29 is 4.79 Å². The highest BCUT2D eigenvalue weighted by molar-refractivity contribution is 6.11. The average molecular weight is 266 g/mol. The lowest BCUT2D eigenvalue weighted by Gasteiger charge is -2.15. The van der Waals surface area contributed by atoms with Crippen LogP contribution in [0.2, 0.25) is 0 Å². The molecule has 0 fully saturated rings. The molecule has 0 radical (unpaired) electrons. The normalized spacial score (nSPS) is 11.1. The Bertz CT molecular complexity index is 555. The quantitative estimate of drug-likeness (QED) is 0.698. The molecule has 0 atom stereocenters. The van der Waals surface area contributed by atoms with E-state index in [2.05, 4.69) is 39.8 Å². The molecular formula is C19H22O. The maximum atomic E-state index is 12.9. The van der Waals surface area contributed by atoms with Crippen molar-refractivity contribution in [2.45, 2.75) is 39.5 Å². The molecule has 0 N–H and O–H groups in total. The molecule has 2 aromatic carbocycles. The minimum absolute atomic E-state index is 0.138. The summed E-state index contributed by atoms with van der Waals surface area (Å²) in [5.41, 5.74) is 3.90. The van der Waals surface area contributed by atoms with E-state index in [1.54, 1.807) is 0 Å². The summed E-state index contributed by atoms with van der Waals surface area (Å²) in [4.78, 5) is 12.9. The van der Waals surface area contributed by atoms with Crippen molar-refractivity contribution in [2.24, 2.45) is 0 Å². The minimum Gasteiger partial charge on any atom is -0.289 e. The first-order valence-electron chi connectivity index (χ1n) is 7.25. The zero-order valence-corrected chi connectivity index (χ0v) is 12.7. The van der Waals surface area contributed by atoms with Gasteiger partial charge in [0.1, 0.15) is 0 Å². The van der Waals surface area contributed by atoms with Crippen molar-refractivity contribution in [1.82, 2.24) is 0 Å². The molecule has 0 aromatic heterocycles. The summed E-state index contributed by atoms with van der Waals surface area (Å²) in [7, 11) is 0. The lowest BCUT2D eigenvalue weighted by atomic mass is 9.88.